The summed E-state index contributed by atoms with van der Waals surface area (Å²) in [6.45, 7) is 3.97. The van der Waals surface area contributed by atoms with Crippen molar-refractivity contribution in [1.82, 2.24) is 4.57 Å². The number of carbonyl (C=O) groups excluding carboxylic acids is 1. The van der Waals surface area contributed by atoms with Crippen LogP contribution in [0.2, 0.25) is 0 Å². The highest BCUT2D eigenvalue weighted by Crippen LogP contribution is 2.30. The number of aromatic nitrogens is 1. The number of hydrogen-bond donors (Lipinski definition) is 0. The van der Waals surface area contributed by atoms with Crippen molar-refractivity contribution in [1.29, 1.82) is 0 Å². The first-order chi connectivity index (χ1) is 10.7. The molecule has 3 heteroatoms. The van der Waals surface area contributed by atoms with Crippen molar-refractivity contribution in [3.63, 3.8) is 0 Å². The fraction of sp³-hybridized carbons (Fsp3) is 0.684. The molecule has 0 spiro atoms. The Balaban J connectivity index is 1.73. The van der Waals surface area contributed by atoms with E-state index < -0.39 is 0 Å². The van der Waals surface area contributed by atoms with Gasteiger partial charge < -0.3 is 4.57 Å². The molecule has 22 heavy (non-hydrogen) atoms. The summed E-state index contributed by atoms with van der Waals surface area (Å²) in [5.41, 5.74) is 0. The van der Waals surface area contributed by atoms with Gasteiger partial charge in [-0.25, -0.2) is 0 Å². The number of carbonyl (C=O) groups is 1. The molecule has 2 nitrogen and oxygen atoms in total. The predicted octanol–water partition coefficient (Wildman–Crippen LogP) is 5.53. The standard InChI is InChI=1S/C19H30NOS/c1-17(21)22-16-12-19(11-15-20-13-5-6-14-20)10-9-18-7-3-2-4-8-18/h5-6,13-15,18-19H,2-4,7-12,16H2,1H3. The van der Waals surface area contributed by atoms with E-state index in [1.54, 1.807) is 6.92 Å². The molecule has 1 fully saturated rings. The first-order valence-electron chi connectivity index (χ1n) is 8.83. The van der Waals surface area contributed by atoms with Gasteiger partial charge in [0.25, 0.3) is 0 Å². The van der Waals surface area contributed by atoms with Crippen LogP contribution in [0.25, 0.3) is 0 Å². The summed E-state index contributed by atoms with van der Waals surface area (Å²) in [6.07, 6.45) is 16.4. The molecular weight excluding hydrogens is 290 g/mol. The lowest BCUT2D eigenvalue weighted by atomic mass is 9.83. The molecule has 1 aromatic rings. The zero-order chi connectivity index (χ0) is 15.6. The van der Waals surface area contributed by atoms with Crippen molar-refractivity contribution in [3.8, 4) is 0 Å². The smallest absolute Gasteiger partial charge is 0.185 e. The van der Waals surface area contributed by atoms with Gasteiger partial charge in [-0.1, -0.05) is 56.7 Å². The molecule has 0 amide bonds. The van der Waals surface area contributed by atoms with Gasteiger partial charge in [0.15, 0.2) is 5.12 Å². The molecule has 2 rings (SSSR count). The van der Waals surface area contributed by atoms with Crippen LogP contribution in [-0.4, -0.2) is 15.4 Å². The molecule has 1 heterocycles. The summed E-state index contributed by atoms with van der Waals surface area (Å²) < 4.78 is 2.16. The Morgan fingerprint density at radius 2 is 1.95 bits per heavy atom. The monoisotopic (exact) mass is 320 g/mol. The van der Waals surface area contributed by atoms with E-state index in [-0.39, 0.29) is 5.12 Å². The summed E-state index contributed by atoms with van der Waals surface area (Å²) in [5, 5.41) is 0.250. The molecule has 1 radical (unpaired) electrons. The molecule has 123 valence electrons. The van der Waals surface area contributed by atoms with Crippen molar-refractivity contribution >= 4 is 16.9 Å². The Bertz CT molecular complexity index is 409. The quantitative estimate of drug-likeness (QED) is 0.596. The first kappa shape index (κ1) is 17.7. The van der Waals surface area contributed by atoms with Gasteiger partial charge in [0, 0.05) is 25.1 Å². The molecule has 0 N–H and O–H groups in total. The van der Waals surface area contributed by atoms with Crippen molar-refractivity contribution < 1.29 is 4.79 Å². The maximum Gasteiger partial charge on any atom is 0.185 e. The minimum Gasteiger partial charge on any atom is -0.349 e. The zero-order valence-electron chi connectivity index (χ0n) is 13.9. The van der Waals surface area contributed by atoms with Gasteiger partial charge >= 0.3 is 0 Å². The lowest BCUT2D eigenvalue weighted by Crippen LogP contribution is -2.11. The first-order valence-corrected chi connectivity index (χ1v) is 9.81. The Morgan fingerprint density at radius 1 is 1.23 bits per heavy atom. The maximum atomic E-state index is 11.1. The Hall–Kier alpha value is -0.700. The van der Waals surface area contributed by atoms with Crippen LogP contribution in [0.15, 0.2) is 24.5 Å². The maximum absolute atomic E-state index is 11.1. The largest absolute Gasteiger partial charge is 0.349 e. The summed E-state index contributed by atoms with van der Waals surface area (Å²) in [6, 6.07) is 4.14. The highest BCUT2D eigenvalue weighted by atomic mass is 32.2. The van der Waals surface area contributed by atoms with Crippen molar-refractivity contribution in [2.75, 3.05) is 5.75 Å². The van der Waals surface area contributed by atoms with Crippen LogP contribution in [0.1, 0.15) is 64.7 Å². The normalized spacial score (nSPS) is 17.5. The van der Waals surface area contributed by atoms with Crippen LogP contribution < -0.4 is 0 Å². The van der Waals surface area contributed by atoms with Gasteiger partial charge in [-0.3, -0.25) is 4.79 Å². The fourth-order valence-corrected chi connectivity index (χ4v) is 4.18. The zero-order valence-corrected chi connectivity index (χ0v) is 14.7. The van der Waals surface area contributed by atoms with Crippen LogP contribution in [0.5, 0.6) is 0 Å². The molecule has 0 aliphatic heterocycles. The second kappa shape index (κ2) is 10.1. The van der Waals surface area contributed by atoms with E-state index in [9.17, 15) is 4.79 Å². The third kappa shape index (κ3) is 7.04. The van der Waals surface area contributed by atoms with Gasteiger partial charge in [-0.05, 0) is 36.8 Å². The second-order valence-corrected chi connectivity index (χ2v) is 7.90. The van der Waals surface area contributed by atoms with Gasteiger partial charge in [0.2, 0.25) is 0 Å². The fourth-order valence-electron chi connectivity index (χ4n) is 3.44. The summed E-state index contributed by atoms with van der Waals surface area (Å²) in [4.78, 5) is 11.1. The molecule has 0 bridgehead atoms. The highest BCUT2D eigenvalue weighted by molar-refractivity contribution is 8.13. The van der Waals surface area contributed by atoms with Crippen molar-refractivity contribution in [2.24, 2.45) is 11.8 Å². The SMILES string of the molecule is CC(=O)SCCC(C[CH]n1cccc1)CCC1CCCCC1. The molecule has 1 saturated carbocycles. The van der Waals surface area contributed by atoms with Crippen LogP contribution in [0.4, 0.5) is 0 Å². The highest BCUT2D eigenvalue weighted by Gasteiger charge is 2.16. The van der Waals surface area contributed by atoms with E-state index in [2.05, 4.69) is 35.6 Å². The number of thioether (sulfide) groups is 1. The molecule has 1 aromatic heterocycles. The topological polar surface area (TPSA) is 22.0 Å². The molecule has 1 atom stereocenters. The Labute approximate surface area is 140 Å². The molecule has 0 aromatic carbocycles. The van der Waals surface area contributed by atoms with E-state index in [4.69, 9.17) is 0 Å². The van der Waals surface area contributed by atoms with Gasteiger partial charge in [-0.15, -0.1) is 0 Å². The summed E-state index contributed by atoms with van der Waals surface area (Å²) in [7, 11) is 0. The van der Waals surface area contributed by atoms with E-state index in [0.717, 1.165) is 30.4 Å². The minimum atomic E-state index is 0.250. The third-order valence-corrected chi connectivity index (χ3v) is 5.66. The van der Waals surface area contributed by atoms with E-state index in [1.807, 2.05) is 0 Å². The average Bonchev–Trinajstić information content (AvgIpc) is 3.03. The molecule has 0 saturated heterocycles. The minimum absolute atomic E-state index is 0.250. The molecule has 1 unspecified atom stereocenters. The Kier molecular flexibility index (Phi) is 8.14. The second-order valence-electron chi connectivity index (χ2n) is 6.62. The third-order valence-electron chi connectivity index (χ3n) is 4.82. The lowest BCUT2D eigenvalue weighted by Gasteiger charge is -2.24. The molecular formula is C19H30NOS. The summed E-state index contributed by atoms with van der Waals surface area (Å²) in [5.74, 6) is 2.66. The van der Waals surface area contributed by atoms with Crippen LogP contribution in [0.3, 0.4) is 0 Å². The predicted molar refractivity (Wildman–Crippen MR) is 95.8 cm³/mol. The van der Waals surface area contributed by atoms with Crippen molar-refractivity contribution in [2.45, 2.75) is 64.7 Å². The Morgan fingerprint density at radius 3 is 2.64 bits per heavy atom. The molecule has 1 aliphatic rings. The van der Waals surface area contributed by atoms with E-state index in [1.165, 1.54) is 56.7 Å². The summed E-state index contributed by atoms with van der Waals surface area (Å²) >= 11 is 1.48. The van der Waals surface area contributed by atoms with Gasteiger partial charge in [0.05, 0.1) is 6.54 Å². The van der Waals surface area contributed by atoms with Crippen LogP contribution in [0, 0.1) is 18.4 Å². The van der Waals surface area contributed by atoms with E-state index >= 15 is 0 Å². The van der Waals surface area contributed by atoms with Crippen molar-refractivity contribution in [3.05, 3.63) is 31.1 Å². The number of nitrogens with zero attached hydrogens (tertiary/aromatic N) is 1. The average molecular weight is 321 g/mol. The number of hydrogen-bond acceptors (Lipinski definition) is 2. The van der Waals surface area contributed by atoms with Gasteiger partial charge in [0.1, 0.15) is 0 Å². The lowest BCUT2D eigenvalue weighted by molar-refractivity contribution is -0.109. The molecule has 1 aliphatic carbocycles. The van der Waals surface area contributed by atoms with Crippen LogP contribution >= 0.6 is 11.8 Å². The van der Waals surface area contributed by atoms with Gasteiger partial charge in [-0.2, -0.15) is 0 Å². The van der Waals surface area contributed by atoms with Crippen LogP contribution in [-0.2, 0) is 4.79 Å². The van der Waals surface area contributed by atoms with E-state index in [0.29, 0.717) is 0 Å². The number of rotatable bonds is 9.